The molecule has 0 saturated heterocycles. The largest absolute Gasteiger partial charge is 0.308 e. The zero-order valence-corrected chi connectivity index (χ0v) is 15.6. The van der Waals surface area contributed by atoms with Gasteiger partial charge in [0.25, 0.3) is 11.6 Å². The molecule has 140 valence electrons. The second-order valence-corrected chi connectivity index (χ2v) is 7.19. The number of nitro benzene ring substituents is 1. The van der Waals surface area contributed by atoms with Gasteiger partial charge in [-0.2, -0.15) is 0 Å². The molecule has 0 bridgehead atoms. The maximum atomic E-state index is 13.5. The number of non-ortho nitro benzene ring substituents is 1. The van der Waals surface area contributed by atoms with Gasteiger partial charge < -0.3 is 4.90 Å². The number of halogens is 1. The fourth-order valence-electron chi connectivity index (χ4n) is 2.49. The molecule has 7 nitrogen and oxygen atoms in total. The minimum Gasteiger partial charge on any atom is -0.308 e. The van der Waals surface area contributed by atoms with Crippen molar-refractivity contribution in [3.8, 4) is 0 Å². The molecule has 0 unspecified atom stereocenters. The van der Waals surface area contributed by atoms with E-state index < -0.39 is 4.92 Å². The second-order valence-electron chi connectivity index (χ2n) is 6.18. The highest BCUT2D eigenvalue weighted by Gasteiger charge is 2.23. The first-order valence-corrected chi connectivity index (χ1v) is 8.94. The van der Waals surface area contributed by atoms with Gasteiger partial charge in [-0.1, -0.05) is 17.4 Å². The Kier molecular flexibility index (Phi) is 5.43. The number of benzene rings is 2. The van der Waals surface area contributed by atoms with E-state index in [0.717, 1.165) is 0 Å². The van der Waals surface area contributed by atoms with Crippen LogP contribution in [0.15, 0.2) is 42.5 Å². The fraction of sp³-hybridized carbons (Fsp3) is 0.222. The number of amides is 1. The molecule has 1 amide bonds. The van der Waals surface area contributed by atoms with Crippen LogP contribution in [-0.4, -0.2) is 47.9 Å². The highest BCUT2D eigenvalue weighted by atomic mass is 32.1. The molecule has 0 spiro atoms. The number of thiazole rings is 1. The molecule has 0 atom stereocenters. The molecule has 0 saturated carbocycles. The fourth-order valence-corrected chi connectivity index (χ4v) is 3.51. The monoisotopic (exact) mass is 388 g/mol. The van der Waals surface area contributed by atoms with Crippen LogP contribution < -0.4 is 4.90 Å². The number of hydrogen-bond donors (Lipinski definition) is 0. The zero-order chi connectivity index (χ0) is 19.6. The number of aromatic nitrogens is 1. The number of fused-ring (bicyclic) bond motifs is 1. The molecule has 1 aromatic heterocycles. The smallest absolute Gasteiger partial charge is 0.270 e. The highest BCUT2D eigenvalue weighted by molar-refractivity contribution is 7.22. The standard InChI is InChI=1S/C18H17FN4O3S/c1-21(2)8-9-22(17(24)12-4-3-5-14(10-12)23(25)26)18-20-15-7-6-13(19)11-16(15)27-18/h3-7,10-11H,8-9H2,1-2H3. The van der Waals surface area contributed by atoms with Gasteiger partial charge in [0.1, 0.15) is 5.82 Å². The normalized spacial score (nSPS) is 11.1. The third kappa shape index (κ3) is 4.26. The van der Waals surface area contributed by atoms with Crippen LogP contribution in [0.1, 0.15) is 10.4 Å². The van der Waals surface area contributed by atoms with E-state index in [4.69, 9.17) is 0 Å². The van der Waals surface area contributed by atoms with Crippen LogP contribution in [-0.2, 0) is 0 Å². The van der Waals surface area contributed by atoms with Gasteiger partial charge in [0.2, 0.25) is 0 Å². The topological polar surface area (TPSA) is 79.6 Å². The van der Waals surface area contributed by atoms with Crippen LogP contribution in [0.5, 0.6) is 0 Å². The van der Waals surface area contributed by atoms with Gasteiger partial charge >= 0.3 is 0 Å². The number of nitro groups is 1. The number of carbonyl (C=O) groups excluding carboxylic acids is 1. The Morgan fingerprint density at radius 2 is 2.00 bits per heavy atom. The van der Waals surface area contributed by atoms with Crippen LogP contribution in [0.2, 0.25) is 0 Å². The van der Waals surface area contributed by atoms with Crippen molar-refractivity contribution in [1.82, 2.24) is 9.88 Å². The highest BCUT2D eigenvalue weighted by Crippen LogP contribution is 2.30. The lowest BCUT2D eigenvalue weighted by Gasteiger charge is -2.22. The number of anilines is 1. The SMILES string of the molecule is CN(C)CCN(C(=O)c1cccc([N+](=O)[O-])c1)c1nc2ccc(F)cc2s1. The Labute approximate surface area is 158 Å². The third-order valence-corrected chi connectivity index (χ3v) is 4.93. The minimum atomic E-state index is -0.540. The number of hydrogen-bond acceptors (Lipinski definition) is 6. The maximum absolute atomic E-state index is 13.5. The van der Waals surface area contributed by atoms with E-state index in [1.807, 2.05) is 19.0 Å². The molecule has 0 aliphatic carbocycles. The average Bonchev–Trinajstić information content (AvgIpc) is 3.04. The van der Waals surface area contributed by atoms with Crippen molar-refractivity contribution >= 4 is 38.3 Å². The van der Waals surface area contributed by atoms with Gasteiger partial charge in [-0.05, 0) is 38.4 Å². The summed E-state index contributed by atoms with van der Waals surface area (Å²) in [5, 5.41) is 11.4. The first-order chi connectivity index (χ1) is 12.8. The molecule has 9 heteroatoms. The summed E-state index contributed by atoms with van der Waals surface area (Å²) in [6.07, 6.45) is 0. The number of likely N-dealkylation sites (N-methyl/N-ethyl adjacent to an activating group) is 1. The molecule has 3 rings (SSSR count). The van der Waals surface area contributed by atoms with Crippen molar-refractivity contribution in [2.45, 2.75) is 0 Å². The Morgan fingerprint density at radius 3 is 2.70 bits per heavy atom. The molecular formula is C18H17FN4O3S. The molecule has 0 radical (unpaired) electrons. The molecule has 1 heterocycles. The molecule has 0 fully saturated rings. The van der Waals surface area contributed by atoms with Gasteiger partial charge in [0.05, 0.1) is 15.1 Å². The Balaban J connectivity index is 2.00. The van der Waals surface area contributed by atoms with Gasteiger partial charge in [0.15, 0.2) is 5.13 Å². The van der Waals surface area contributed by atoms with E-state index in [1.54, 1.807) is 6.07 Å². The van der Waals surface area contributed by atoms with E-state index in [2.05, 4.69) is 4.98 Å². The van der Waals surface area contributed by atoms with Gasteiger partial charge in [0, 0.05) is 30.8 Å². The van der Waals surface area contributed by atoms with E-state index in [9.17, 15) is 19.3 Å². The summed E-state index contributed by atoms with van der Waals surface area (Å²) in [6.45, 7) is 0.918. The van der Waals surface area contributed by atoms with E-state index in [0.29, 0.717) is 28.4 Å². The van der Waals surface area contributed by atoms with Crippen LogP contribution >= 0.6 is 11.3 Å². The average molecular weight is 388 g/mol. The third-order valence-electron chi connectivity index (χ3n) is 3.89. The Morgan fingerprint density at radius 1 is 1.22 bits per heavy atom. The van der Waals surface area contributed by atoms with Gasteiger partial charge in [-0.25, -0.2) is 9.37 Å². The predicted molar refractivity (Wildman–Crippen MR) is 103 cm³/mol. The summed E-state index contributed by atoms with van der Waals surface area (Å²) < 4.78 is 14.1. The summed E-state index contributed by atoms with van der Waals surface area (Å²) in [7, 11) is 3.76. The Hall–Kier alpha value is -2.91. The molecule has 27 heavy (non-hydrogen) atoms. The number of rotatable bonds is 6. The second kappa shape index (κ2) is 7.77. The summed E-state index contributed by atoms with van der Waals surface area (Å²) in [4.78, 5) is 31.4. The van der Waals surface area contributed by atoms with Crippen LogP contribution in [0.25, 0.3) is 10.2 Å². The van der Waals surface area contributed by atoms with Gasteiger partial charge in [-0.3, -0.25) is 19.8 Å². The quantitative estimate of drug-likeness (QED) is 0.477. The molecule has 2 aromatic carbocycles. The van der Waals surface area contributed by atoms with E-state index in [-0.39, 0.29) is 23.0 Å². The van der Waals surface area contributed by atoms with E-state index >= 15 is 0 Å². The lowest BCUT2D eigenvalue weighted by atomic mass is 10.2. The maximum Gasteiger partial charge on any atom is 0.270 e. The first-order valence-electron chi connectivity index (χ1n) is 8.12. The van der Waals surface area contributed by atoms with Crippen LogP contribution in [0.4, 0.5) is 15.2 Å². The van der Waals surface area contributed by atoms with Crippen molar-refractivity contribution in [3.63, 3.8) is 0 Å². The van der Waals surface area contributed by atoms with Crippen molar-refractivity contribution in [1.29, 1.82) is 0 Å². The lowest BCUT2D eigenvalue weighted by Crippen LogP contribution is -2.36. The molecule has 3 aromatic rings. The molecule has 0 aliphatic heterocycles. The number of carbonyl (C=O) groups is 1. The van der Waals surface area contributed by atoms with Crippen molar-refractivity contribution in [2.75, 3.05) is 32.1 Å². The molecule has 0 aliphatic rings. The predicted octanol–water partition coefficient (Wildman–Crippen LogP) is 3.55. The zero-order valence-electron chi connectivity index (χ0n) is 14.8. The summed E-state index contributed by atoms with van der Waals surface area (Å²) in [6, 6.07) is 9.84. The molecule has 0 N–H and O–H groups in total. The summed E-state index contributed by atoms with van der Waals surface area (Å²) >= 11 is 1.21. The van der Waals surface area contributed by atoms with Crippen molar-refractivity contribution in [3.05, 3.63) is 64.0 Å². The summed E-state index contributed by atoms with van der Waals surface area (Å²) in [5.41, 5.74) is 0.645. The summed E-state index contributed by atoms with van der Waals surface area (Å²) in [5.74, 6) is -0.761. The lowest BCUT2D eigenvalue weighted by molar-refractivity contribution is -0.384. The Bertz CT molecular complexity index is 1010. The van der Waals surface area contributed by atoms with Crippen molar-refractivity contribution < 1.29 is 14.1 Å². The number of nitrogens with zero attached hydrogens (tertiary/aromatic N) is 4. The van der Waals surface area contributed by atoms with Crippen LogP contribution in [0.3, 0.4) is 0 Å². The molecular weight excluding hydrogens is 371 g/mol. The van der Waals surface area contributed by atoms with E-state index in [1.165, 1.54) is 52.6 Å². The minimum absolute atomic E-state index is 0.153. The van der Waals surface area contributed by atoms with Crippen molar-refractivity contribution in [2.24, 2.45) is 0 Å². The van der Waals surface area contributed by atoms with Crippen LogP contribution in [0, 0.1) is 15.9 Å². The first kappa shape index (κ1) is 18.9. The van der Waals surface area contributed by atoms with Gasteiger partial charge in [-0.15, -0.1) is 0 Å².